The van der Waals surface area contributed by atoms with E-state index >= 15 is 0 Å². The Balaban J connectivity index is 2.09. The molecule has 16 heavy (non-hydrogen) atoms. The molecule has 2 N–H and O–H groups in total. The lowest BCUT2D eigenvalue weighted by Crippen LogP contribution is -2.13. The highest BCUT2D eigenvalue weighted by atomic mass is 32.1. The number of amides is 1. The van der Waals surface area contributed by atoms with E-state index < -0.39 is 0 Å². The number of carbonyl (C=O) groups excluding carboxylic acids is 1. The van der Waals surface area contributed by atoms with Crippen LogP contribution in [0.5, 0.6) is 0 Å². The van der Waals surface area contributed by atoms with Crippen molar-refractivity contribution in [3.8, 4) is 0 Å². The van der Waals surface area contributed by atoms with Crippen molar-refractivity contribution in [2.24, 2.45) is 0 Å². The summed E-state index contributed by atoms with van der Waals surface area (Å²) in [6, 6.07) is 1.67. The molecule has 0 aliphatic carbocycles. The Morgan fingerprint density at radius 3 is 2.69 bits per heavy atom. The maximum absolute atomic E-state index is 11.6. The van der Waals surface area contributed by atoms with E-state index in [9.17, 15) is 4.79 Å². The summed E-state index contributed by atoms with van der Waals surface area (Å²) >= 11 is 1.16. The maximum atomic E-state index is 11.6. The van der Waals surface area contributed by atoms with Crippen LogP contribution in [0, 0.1) is 0 Å². The molecule has 8 heteroatoms. The van der Waals surface area contributed by atoms with E-state index in [1.54, 1.807) is 25.5 Å². The van der Waals surface area contributed by atoms with Crippen molar-refractivity contribution in [3.63, 3.8) is 0 Å². The van der Waals surface area contributed by atoms with Crippen molar-refractivity contribution in [1.29, 1.82) is 0 Å². The molecule has 0 saturated heterocycles. The third-order valence-corrected chi connectivity index (χ3v) is 2.56. The quantitative estimate of drug-likeness (QED) is 0.811. The first kappa shape index (κ1) is 10.4. The second-order valence-electron chi connectivity index (χ2n) is 2.69. The van der Waals surface area contributed by atoms with E-state index in [4.69, 9.17) is 0 Å². The molecule has 0 saturated carbocycles. The smallest absolute Gasteiger partial charge is 0.289 e. The Morgan fingerprint density at radius 1 is 1.31 bits per heavy atom. The molecule has 0 atom stereocenters. The van der Waals surface area contributed by atoms with Gasteiger partial charge in [0.05, 0.1) is 0 Å². The topological polar surface area (TPSA) is 92.7 Å². The third-order valence-electron chi connectivity index (χ3n) is 1.62. The fourth-order valence-corrected chi connectivity index (χ4v) is 1.53. The summed E-state index contributed by atoms with van der Waals surface area (Å²) in [7, 11) is 1.71. The van der Waals surface area contributed by atoms with Crippen LogP contribution in [-0.2, 0) is 0 Å². The molecule has 2 heterocycles. The standard InChI is InChI=1S/C8H8N6OS/c1-9-8-14-13-6(16-8)5(15)12-7-10-3-2-4-11-7/h2-4H,1H3,(H,9,14)(H,10,11,12,15). The molecule has 0 aliphatic rings. The molecule has 0 spiro atoms. The van der Waals surface area contributed by atoms with Gasteiger partial charge in [-0.05, 0) is 6.07 Å². The molecule has 82 valence electrons. The highest BCUT2D eigenvalue weighted by molar-refractivity contribution is 7.17. The van der Waals surface area contributed by atoms with Gasteiger partial charge in [0, 0.05) is 19.4 Å². The predicted octanol–water partition coefficient (Wildman–Crippen LogP) is 0.622. The second kappa shape index (κ2) is 4.62. The van der Waals surface area contributed by atoms with Crippen LogP contribution in [0.4, 0.5) is 11.1 Å². The molecule has 7 nitrogen and oxygen atoms in total. The summed E-state index contributed by atoms with van der Waals surface area (Å²) in [6.45, 7) is 0. The van der Waals surface area contributed by atoms with Crippen LogP contribution in [0.15, 0.2) is 18.5 Å². The first-order valence-electron chi connectivity index (χ1n) is 4.39. The molecule has 0 radical (unpaired) electrons. The average molecular weight is 236 g/mol. The zero-order chi connectivity index (χ0) is 11.4. The third kappa shape index (κ3) is 2.28. The fraction of sp³-hybridized carbons (Fsp3) is 0.125. The number of hydrogen-bond acceptors (Lipinski definition) is 7. The molecule has 2 aromatic rings. The van der Waals surface area contributed by atoms with Gasteiger partial charge < -0.3 is 5.32 Å². The van der Waals surface area contributed by atoms with Crippen LogP contribution in [0.3, 0.4) is 0 Å². The average Bonchev–Trinajstić information content (AvgIpc) is 2.79. The Hall–Kier alpha value is -2.09. The molecular weight excluding hydrogens is 228 g/mol. The van der Waals surface area contributed by atoms with Crippen LogP contribution >= 0.6 is 11.3 Å². The number of anilines is 2. The first-order chi connectivity index (χ1) is 7.79. The van der Waals surface area contributed by atoms with Crippen LogP contribution in [0.1, 0.15) is 9.80 Å². The number of carbonyl (C=O) groups is 1. The van der Waals surface area contributed by atoms with Gasteiger partial charge in [-0.2, -0.15) is 0 Å². The minimum atomic E-state index is -0.370. The Labute approximate surface area is 95.0 Å². The SMILES string of the molecule is CNc1nnc(C(=O)Nc2ncccn2)s1. The summed E-state index contributed by atoms with van der Waals surface area (Å²) in [6.07, 6.45) is 3.09. The van der Waals surface area contributed by atoms with Crippen molar-refractivity contribution >= 4 is 28.3 Å². The van der Waals surface area contributed by atoms with E-state index in [1.165, 1.54) is 0 Å². The van der Waals surface area contributed by atoms with Gasteiger partial charge in [0.1, 0.15) is 0 Å². The van der Waals surface area contributed by atoms with Crippen LogP contribution in [0.2, 0.25) is 0 Å². The molecule has 0 unspecified atom stereocenters. The van der Waals surface area contributed by atoms with Crippen molar-refractivity contribution in [2.75, 3.05) is 17.7 Å². The lowest BCUT2D eigenvalue weighted by molar-refractivity contribution is 0.102. The van der Waals surface area contributed by atoms with Gasteiger partial charge in [-0.3, -0.25) is 10.1 Å². The molecule has 2 aromatic heterocycles. The number of aromatic nitrogens is 4. The number of nitrogens with one attached hydrogen (secondary N) is 2. The summed E-state index contributed by atoms with van der Waals surface area (Å²) in [4.78, 5) is 19.4. The minimum absolute atomic E-state index is 0.244. The van der Waals surface area contributed by atoms with Crippen LogP contribution in [-0.4, -0.2) is 33.1 Å². The molecule has 0 bridgehead atoms. The molecule has 0 fully saturated rings. The van der Waals surface area contributed by atoms with E-state index in [-0.39, 0.29) is 16.9 Å². The first-order valence-corrected chi connectivity index (χ1v) is 5.21. The second-order valence-corrected chi connectivity index (χ2v) is 3.67. The lowest BCUT2D eigenvalue weighted by Gasteiger charge is -1.98. The maximum Gasteiger partial charge on any atom is 0.289 e. The number of rotatable bonds is 3. The Kier molecular flexibility index (Phi) is 3.01. The van der Waals surface area contributed by atoms with Gasteiger partial charge in [-0.15, -0.1) is 10.2 Å². The van der Waals surface area contributed by atoms with Crippen molar-refractivity contribution in [1.82, 2.24) is 20.2 Å². The van der Waals surface area contributed by atoms with E-state index in [1.807, 2.05) is 0 Å². The molecule has 0 aromatic carbocycles. The Morgan fingerprint density at radius 2 is 2.06 bits per heavy atom. The van der Waals surface area contributed by atoms with Crippen molar-refractivity contribution in [2.45, 2.75) is 0 Å². The minimum Gasteiger partial charge on any atom is -0.363 e. The van der Waals surface area contributed by atoms with E-state index in [0.717, 1.165) is 11.3 Å². The monoisotopic (exact) mass is 236 g/mol. The van der Waals surface area contributed by atoms with E-state index in [0.29, 0.717) is 5.13 Å². The van der Waals surface area contributed by atoms with Gasteiger partial charge in [0.15, 0.2) is 0 Å². The molecule has 0 aliphatic heterocycles. The lowest BCUT2D eigenvalue weighted by atomic mass is 10.6. The summed E-state index contributed by atoms with van der Waals surface area (Å²) in [5.41, 5.74) is 0. The van der Waals surface area contributed by atoms with Crippen molar-refractivity contribution < 1.29 is 4.79 Å². The highest BCUT2D eigenvalue weighted by Gasteiger charge is 2.13. The number of hydrogen-bond donors (Lipinski definition) is 2. The van der Waals surface area contributed by atoms with Crippen molar-refractivity contribution in [3.05, 3.63) is 23.5 Å². The largest absolute Gasteiger partial charge is 0.363 e. The van der Waals surface area contributed by atoms with Crippen LogP contribution in [0.25, 0.3) is 0 Å². The van der Waals surface area contributed by atoms with Crippen LogP contribution < -0.4 is 10.6 Å². The van der Waals surface area contributed by atoms with Gasteiger partial charge >= 0.3 is 0 Å². The Bertz CT molecular complexity index is 484. The summed E-state index contributed by atoms with van der Waals surface area (Å²) < 4.78 is 0. The molecule has 1 amide bonds. The summed E-state index contributed by atoms with van der Waals surface area (Å²) in [5.74, 6) is -0.126. The van der Waals surface area contributed by atoms with E-state index in [2.05, 4.69) is 30.8 Å². The van der Waals surface area contributed by atoms with Gasteiger partial charge in [-0.1, -0.05) is 11.3 Å². The number of nitrogens with zero attached hydrogens (tertiary/aromatic N) is 4. The summed E-state index contributed by atoms with van der Waals surface area (Å²) in [5, 5.41) is 13.6. The molecular formula is C8H8N6OS. The zero-order valence-electron chi connectivity index (χ0n) is 8.34. The fourth-order valence-electron chi connectivity index (χ4n) is 0.935. The van der Waals surface area contributed by atoms with Gasteiger partial charge in [0.2, 0.25) is 16.1 Å². The molecule has 2 rings (SSSR count). The highest BCUT2D eigenvalue weighted by Crippen LogP contribution is 2.14. The zero-order valence-corrected chi connectivity index (χ0v) is 9.15. The van der Waals surface area contributed by atoms with Gasteiger partial charge in [-0.25, -0.2) is 9.97 Å². The normalized spacial score (nSPS) is 9.81. The predicted molar refractivity (Wildman–Crippen MR) is 59.4 cm³/mol. The van der Waals surface area contributed by atoms with Gasteiger partial charge in [0.25, 0.3) is 5.91 Å².